The molecule has 0 saturated carbocycles. The fraction of sp³-hybridized carbons (Fsp3) is 0.300. The lowest BCUT2D eigenvalue weighted by atomic mass is 10.1. The van der Waals surface area contributed by atoms with Crippen molar-refractivity contribution in [2.45, 2.75) is 6.92 Å². The van der Waals surface area contributed by atoms with Crippen LogP contribution in [0.2, 0.25) is 0 Å². The summed E-state index contributed by atoms with van der Waals surface area (Å²) in [6, 6.07) is 4.90. The van der Waals surface area contributed by atoms with Gasteiger partial charge in [-0.05, 0) is 30.7 Å². The monoisotopic (exact) mass is 197 g/mol. The summed E-state index contributed by atoms with van der Waals surface area (Å²) in [5.74, 6) is -0.543. The second-order valence-electron chi connectivity index (χ2n) is 2.96. The van der Waals surface area contributed by atoms with E-state index in [1.54, 1.807) is 12.1 Å². The number of nitrogens with two attached hydrogens (primary N) is 1. The van der Waals surface area contributed by atoms with Crippen LogP contribution in [0.3, 0.4) is 0 Å². The molecule has 1 rings (SSSR count). The van der Waals surface area contributed by atoms with Crippen molar-refractivity contribution in [2.24, 2.45) is 0 Å². The van der Waals surface area contributed by atoms with E-state index >= 15 is 0 Å². The maximum atomic E-state index is 11.7. The number of nitrogen functional groups attached to an aromatic ring is 1. The number of carbonyl (C=O) groups excluding carboxylic acids is 1. The molecule has 3 nitrogen and oxygen atoms in total. The molecular formula is C10H12FNO2. The molecule has 0 aromatic heterocycles. The third kappa shape index (κ3) is 2.73. The summed E-state index contributed by atoms with van der Waals surface area (Å²) >= 11 is 0. The molecular weight excluding hydrogens is 185 g/mol. The van der Waals surface area contributed by atoms with Crippen molar-refractivity contribution in [3.63, 3.8) is 0 Å². The Morgan fingerprint density at radius 3 is 2.79 bits per heavy atom. The van der Waals surface area contributed by atoms with E-state index in [9.17, 15) is 9.18 Å². The molecule has 0 bridgehead atoms. The number of esters is 1. The average molecular weight is 197 g/mol. The highest BCUT2D eigenvalue weighted by Gasteiger charge is 2.07. The summed E-state index contributed by atoms with van der Waals surface area (Å²) in [4.78, 5) is 11.3. The molecule has 0 aliphatic carbocycles. The number of rotatable bonds is 3. The van der Waals surface area contributed by atoms with Crippen molar-refractivity contribution >= 4 is 11.7 Å². The number of ether oxygens (including phenoxy) is 1. The highest BCUT2D eigenvalue weighted by atomic mass is 19.1. The zero-order chi connectivity index (χ0) is 10.6. The van der Waals surface area contributed by atoms with Crippen LogP contribution >= 0.6 is 0 Å². The van der Waals surface area contributed by atoms with Crippen molar-refractivity contribution in [1.82, 2.24) is 0 Å². The lowest BCUT2D eigenvalue weighted by molar-refractivity contribution is 0.0481. The van der Waals surface area contributed by atoms with Crippen LogP contribution in [0.25, 0.3) is 0 Å². The number of hydrogen-bond acceptors (Lipinski definition) is 3. The summed E-state index contributed by atoms with van der Waals surface area (Å²) < 4.78 is 16.3. The van der Waals surface area contributed by atoms with Gasteiger partial charge in [-0.1, -0.05) is 0 Å². The maximum Gasteiger partial charge on any atom is 0.338 e. The molecule has 1 aromatic rings. The Balaban J connectivity index is 2.79. The third-order valence-electron chi connectivity index (χ3n) is 1.65. The second-order valence-corrected chi connectivity index (χ2v) is 2.96. The van der Waals surface area contributed by atoms with Gasteiger partial charge in [-0.25, -0.2) is 9.18 Å². The lowest BCUT2D eigenvalue weighted by Gasteiger charge is -2.04. The smallest absolute Gasteiger partial charge is 0.338 e. The minimum atomic E-state index is -0.674. The average Bonchev–Trinajstić information content (AvgIpc) is 2.12. The summed E-state index contributed by atoms with van der Waals surface area (Å²) in [6.07, 6.45) is 0. The number of alkyl halides is 1. The van der Waals surface area contributed by atoms with E-state index in [1.807, 2.05) is 6.92 Å². The zero-order valence-electron chi connectivity index (χ0n) is 7.92. The van der Waals surface area contributed by atoms with Gasteiger partial charge in [0.05, 0.1) is 5.56 Å². The quantitative estimate of drug-likeness (QED) is 0.592. The van der Waals surface area contributed by atoms with Crippen molar-refractivity contribution < 1.29 is 13.9 Å². The highest BCUT2D eigenvalue weighted by Crippen LogP contribution is 2.12. The minimum Gasteiger partial charge on any atom is -0.459 e. The summed E-state index contributed by atoms with van der Waals surface area (Å²) in [6.45, 7) is 0.933. The Morgan fingerprint density at radius 2 is 2.21 bits per heavy atom. The zero-order valence-corrected chi connectivity index (χ0v) is 7.92. The maximum absolute atomic E-state index is 11.7. The number of halogens is 1. The Hall–Kier alpha value is -1.58. The predicted octanol–water partition coefficient (Wildman–Crippen LogP) is 1.70. The van der Waals surface area contributed by atoms with Crippen molar-refractivity contribution in [1.29, 1.82) is 0 Å². The van der Waals surface area contributed by atoms with Gasteiger partial charge in [0.15, 0.2) is 0 Å². The van der Waals surface area contributed by atoms with Gasteiger partial charge in [0, 0.05) is 5.69 Å². The summed E-state index contributed by atoms with van der Waals surface area (Å²) in [5, 5.41) is 0. The van der Waals surface area contributed by atoms with E-state index in [1.165, 1.54) is 6.07 Å². The third-order valence-corrected chi connectivity index (χ3v) is 1.65. The summed E-state index contributed by atoms with van der Waals surface area (Å²) in [5.41, 5.74) is 7.27. The Labute approximate surface area is 81.7 Å². The van der Waals surface area contributed by atoms with E-state index < -0.39 is 12.6 Å². The predicted molar refractivity (Wildman–Crippen MR) is 51.8 cm³/mol. The molecule has 0 radical (unpaired) electrons. The molecule has 4 heteroatoms. The summed E-state index contributed by atoms with van der Waals surface area (Å²) in [7, 11) is 0. The first-order chi connectivity index (χ1) is 6.63. The standard InChI is InChI=1S/C10H12FNO2/c1-7-4-8(6-9(12)5-7)10(13)14-3-2-11/h4-6H,2-3,12H2,1H3. The van der Waals surface area contributed by atoms with E-state index in [0.29, 0.717) is 11.3 Å². The van der Waals surface area contributed by atoms with Crippen LogP contribution in [-0.2, 0) is 4.74 Å². The molecule has 0 atom stereocenters. The topological polar surface area (TPSA) is 52.3 Å². The molecule has 1 aromatic carbocycles. The van der Waals surface area contributed by atoms with Gasteiger partial charge in [-0.3, -0.25) is 0 Å². The molecule has 2 N–H and O–H groups in total. The van der Waals surface area contributed by atoms with E-state index in [-0.39, 0.29) is 6.61 Å². The minimum absolute atomic E-state index is 0.216. The molecule has 76 valence electrons. The van der Waals surface area contributed by atoms with Gasteiger partial charge in [0.2, 0.25) is 0 Å². The van der Waals surface area contributed by atoms with Crippen molar-refractivity contribution in [3.8, 4) is 0 Å². The first-order valence-electron chi connectivity index (χ1n) is 4.23. The SMILES string of the molecule is Cc1cc(N)cc(C(=O)OCCF)c1. The fourth-order valence-electron chi connectivity index (χ4n) is 1.15. The first kappa shape index (κ1) is 10.5. The number of benzene rings is 1. The second kappa shape index (κ2) is 4.60. The van der Waals surface area contributed by atoms with Crippen LogP contribution in [0.1, 0.15) is 15.9 Å². The lowest BCUT2D eigenvalue weighted by Crippen LogP contribution is -2.08. The Kier molecular flexibility index (Phi) is 3.45. The van der Waals surface area contributed by atoms with Crippen LogP contribution < -0.4 is 5.73 Å². The van der Waals surface area contributed by atoms with Crippen LogP contribution in [-0.4, -0.2) is 19.3 Å². The Morgan fingerprint density at radius 1 is 1.50 bits per heavy atom. The van der Waals surface area contributed by atoms with Gasteiger partial charge in [0.25, 0.3) is 0 Å². The largest absolute Gasteiger partial charge is 0.459 e. The van der Waals surface area contributed by atoms with Crippen molar-refractivity contribution in [3.05, 3.63) is 29.3 Å². The normalized spacial score (nSPS) is 9.86. The van der Waals surface area contributed by atoms with Gasteiger partial charge in [-0.2, -0.15) is 0 Å². The highest BCUT2D eigenvalue weighted by molar-refractivity contribution is 5.90. The molecule has 0 fully saturated rings. The van der Waals surface area contributed by atoms with E-state index in [4.69, 9.17) is 5.73 Å². The van der Waals surface area contributed by atoms with Crippen LogP contribution in [0.5, 0.6) is 0 Å². The van der Waals surface area contributed by atoms with Crippen LogP contribution in [0.4, 0.5) is 10.1 Å². The molecule has 0 amide bonds. The number of aryl methyl sites for hydroxylation is 1. The number of carbonyl (C=O) groups is 1. The fourth-order valence-corrected chi connectivity index (χ4v) is 1.15. The molecule has 14 heavy (non-hydrogen) atoms. The molecule has 0 aliphatic heterocycles. The van der Waals surface area contributed by atoms with Gasteiger partial charge in [-0.15, -0.1) is 0 Å². The van der Waals surface area contributed by atoms with E-state index in [0.717, 1.165) is 5.56 Å². The van der Waals surface area contributed by atoms with Crippen molar-refractivity contribution in [2.75, 3.05) is 19.0 Å². The first-order valence-corrected chi connectivity index (χ1v) is 4.23. The van der Waals surface area contributed by atoms with E-state index in [2.05, 4.69) is 4.74 Å². The molecule has 0 saturated heterocycles. The van der Waals surface area contributed by atoms with Gasteiger partial charge >= 0.3 is 5.97 Å². The van der Waals surface area contributed by atoms with Crippen LogP contribution in [0, 0.1) is 6.92 Å². The van der Waals surface area contributed by atoms with Crippen LogP contribution in [0.15, 0.2) is 18.2 Å². The molecule has 0 heterocycles. The number of hydrogen-bond donors (Lipinski definition) is 1. The Bertz CT molecular complexity index is 319. The molecule has 0 spiro atoms. The van der Waals surface area contributed by atoms with Gasteiger partial charge < -0.3 is 10.5 Å². The van der Waals surface area contributed by atoms with Gasteiger partial charge in [0.1, 0.15) is 13.3 Å². The number of anilines is 1. The molecule has 0 unspecified atom stereocenters. The molecule has 0 aliphatic rings.